The number of benzene rings is 2. The van der Waals surface area contributed by atoms with Gasteiger partial charge in [0.2, 0.25) is 0 Å². The number of aliphatic imine (C=N–C) groups is 1. The Kier molecular flexibility index (Phi) is 11.9. The summed E-state index contributed by atoms with van der Waals surface area (Å²) in [6.45, 7) is 7.89. The summed E-state index contributed by atoms with van der Waals surface area (Å²) in [4.78, 5) is 16.4. The molecule has 0 aliphatic rings. The molecular formula is C23H33IN4O2. The molecule has 3 N–H and O–H groups in total. The van der Waals surface area contributed by atoms with Gasteiger partial charge in [0, 0.05) is 37.3 Å². The van der Waals surface area contributed by atoms with Gasteiger partial charge < -0.3 is 20.7 Å². The van der Waals surface area contributed by atoms with E-state index in [0.717, 1.165) is 23.3 Å². The number of rotatable bonds is 9. The van der Waals surface area contributed by atoms with Gasteiger partial charge in [-0.1, -0.05) is 37.3 Å². The van der Waals surface area contributed by atoms with Crippen LogP contribution in [-0.2, 0) is 13.1 Å². The highest BCUT2D eigenvalue weighted by atomic mass is 127. The third-order valence-electron chi connectivity index (χ3n) is 4.61. The van der Waals surface area contributed by atoms with Gasteiger partial charge in [-0.2, -0.15) is 0 Å². The highest BCUT2D eigenvalue weighted by Gasteiger charge is 2.08. The topological polar surface area (TPSA) is 74.8 Å². The van der Waals surface area contributed by atoms with Gasteiger partial charge in [0.15, 0.2) is 5.96 Å². The molecule has 0 aliphatic carbocycles. The number of hydrogen-bond donors (Lipinski definition) is 3. The van der Waals surface area contributed by atoms with Crippen molar-refractivity contribution >= 4 is 35.8 Å². The molecule has 2 aromatic carbocycles. The van der Waals surface area contributed by atoms with Gasteiger partial charge in [-0.25, -0.2) is 0 Å². The Labute approximate surface area is 196 Å². The number of carbonyl (C=O) groups excluding carboxylic acids is 1. The lowest BCUT2D eigenvalue weighted by Gasteiger charge is -2.15. The van der Waals surface area contributed by atoms with Crippen molar-refractivity contribution in [2.45, 2.75) is 46.3 Å². The molecule has 0 spiro atoms. The van der Waals surface area contributed by atoms with Gasteiger partial charge in [0.05, 0.1) is 6.61 Å². The second-order valence-electron chi connectivity index (χ2n) is 6.80. The fraction of sp³-hybridized carbons (Fsp3) is 0.391. The van der Waals surface area contributed by atoms with Crippen molar-refractivity contribution in [2.75, 3.05) is 13.7 Å². The minimum Gasteiger partial charge on any atom is -0.494 e. The summed E-state index contributed by atoms with van der Waals surface area (Å²) in [5.74, 6) is 1.54. The molecule has 1 unspecified atom stereocenters. The Bertz CT molecular complexity index is 809. The number of nitrogens with zero attached hydrogens (tertiary/aromatic N) is 1. The largest absolute Gasteiger partial charge is 0.494 e. The fourth-order valence-corrected chi connectivity index (χ4v) is 2.71. The van der Waals surface area contributed by atoms with Gasteiger partial charge in [-0.3, -0.25) is 9.79 Å². The van der Waals surface area contributed by atoms with E-state index in [4.69, 9.17) is 4.74 Å². The lowest BCUT2D eigenvalue weighted by Crippen LogP contribution is -2.36. The molecule has 1 amide bonds. The van der Waals surface area contributed by atoms with Crippen LogP contribution in [0.15, 0.2) is 53.5 Å². The summed E-state index contributed by atoms with van der Waals surface area (Å²) in [5.41, 5.74) is 2.82. The van der Waals surface area contributed by atoms with E-state index in [1.807, 2.05) is 62.4 Å². The first-order valence-corrected chi connectivity index (χ1v) is 10.1. The zero-order valence-electron chi connectivity index (χ0n) is 18.2. The van der Waals surface area contributed by atoms with Crippen LogP contribution in [0.1, 0.15) is 48.7 Å². The third kappa shape index (κ3) is 8.22. The second-order valence-corrected chi connectivity index (χ2v) is 6.80. The number of halogens is 1. The summed E-state index contributed by atoms with van der Waals surface area (Å²) < 4.78 is 5.66. The van der Waals surface area contributed by atoms with E-state index in [-0.39, 0.29) is 35.9 Å². The number of nitrogens with one attached hydrogen (secondary N) is 3. The van der Waals surface area contributed by atoms with Crippen molar-refractivity contribution in [2.24, 2.45) is 4.99 Å². The molecule has 0 aliphatic heterocycles. The summed E-state index contributed by atoms with van der Waals surface area (Å²) >= 11 is 0. The third-order valence-corrected chi connectivity index (χ3v) is 4.61. The first kappa shape index (κ1) is 25.7. The maximum atomic E-state index is 12.2. The van der Waals surface area contributed by atoms with Crippen LogP contribution in [0.4, 0.5) is 0 Å². The Morgan fingerprint density at radius 3 is 2.33 bits per heavy atom. The Balaban J connectivity index is 0.00000450. The van der Waals surface area contributed by atoms with Crippen molar-refractivity contribution in [3.63, 3.8) is 0 Å². The minimum atomic E-state index is -0.0377. The predicted octanol–water partition coefficient (Wildman–Crippen LogP) is 4.10. The van der Waals surface area contributed by atoms with Crippen LogP contribution in [0.2, 0.25) is 0 Å². The Hall–Kier alpha value is -2.29. The van der Waals surface area contributed by atoms with Gasteiger partial charge in [-0.05, 0) is 44.0 Å². The molecule has 0 bridgehead atoms. The molecule has 0 fully saturated rings. The number of carbonyl (C=O) groups is 1. The maximum absolute atomic E-state index is 12.2. The number of guanidine groups is 1. The molecule has 6 nitrogen and oxygen atoms in total. The van der Waals surface area contributed by atoms with Crippen molar-refractivity contribution in [3.05, 3.63) is 65.2 Å². The van der Waals surface area contributed by atoms with Crippen molar-refractivity contribution in [1.82, 2.24) is 16.0 Å². The summed E-state index contributed by atoms with van der Waals surface area (Å²) in [6.07, 6.45) is 0.912. The molecule has 0 saturated carbocycles. The highest BCUT2D eigenvalue weighted by Crippen LogP contribution is 2.17. The number of para-hydroxylation sites is 1. The normalized spacial score (nSPS) is 11.8. The fourth-order valence-electron chi connectivity index (χ4n) is 2.71. The lowest BCUT2D eigenvalue weighted by atomic mass is 10.1. The van der Waals surface area contributed by atoms with E-state index in [2.05, 4.69) is 27.9 Å². The van der Waals surface area contributed by atoms with Crippen LogP contribution in [0.3, 0.4) is 0 Å². The Morgan fingerprint density at radius 1 is 1.03 bits per heavy atom. The zero-order chi connectivity index (χ0) is 21.1. The molecule has 0 heterocycles. The zero-order valence-corrected chi connectivity index (χ0v) is 20.5. The lowest BCUT2D eigenvalue weighted by molar-refractivity contribution is 0.0939. The number of ether oxygens (including phenoxy) is 1. The molecule has 30 heavy (non-hydrogen) atoms. The summed E-state index contributed by atoms with van der Waals surface area (Å²) in [5, 5.41) is 9.58. The molecule has 7 heteroatoms. The quantitative estimate of drug-likeness (QED) is 0.263. The molecule has 2 aromatic rings. The van der Waals surface area contributed by atoms with Crippen molar-refractivity contribution in [3.8, 4) is 5.75 Å². The van der Waals surface area contributed by atoms with Gasteiger partial charge >= 0.3 is 0 Å². The smallest absolute Gasteiger partial charge is 0.251 e. The van der Waals surface area contributed by atoms with E-state index in [9.17, 15) is 4.79 Å². The average molecular weight is 524 g/mol. The van der Waals surface area contributed by atoms with Crippen molar-refractivity contribution < 1.29 is 9.53 Å². The number of amides is 1. The molecule has 164 valence electrons. The summed E-state index contributed by atoms with van der Waals surface area (Å²) in [7, 11) is 1.74. The van der Waals surface area contributed by atoms with E-state index in [1.165, 1.54) is 0 Å². The van der Waals surface area contributed by atoms with Crippen LogP contribution in [0, 0.1) is 0 Å². The molecule has 0 saturated heterocycles. The van der Waals surface area contributed by atoms with E-state index < -0.39 is 0 Å². The standard InChI is InChI=1S/C23H32N4O2.HI/c1-5-17(3)27-22(28)19-13-11-18(12-14-19)15-25-23(24-4)26-16-20-9-7-8-10-21(20)29-6-2;/h7-14,17H,5-6,15-16H2,1-4H3,(H,27,28)(H2,24,25,26);1H. The van der Waals surface area contributed by atoms with E-state index in [0.29, 0.717) is 31.2 Å². The molecule has 1 atom stereocenters. The highest BCUT2D eigenvalue weighted by molar-refractivity contribution is 14.0. The average Bonchev–Trinajstić information content (AvgIpc) is 2.75. The minimum absolute atomic E-state index is 0. The number of hydrogen-bond acceptors (Lipinski definition) is 3. The molecular weight excluding hydrogens is 491 g/mol. The van der Waals surface area contributed by atoms with Gasteiger partial charge in [0.25, 0.3) is 5.91 Å². The van der Waals surface area contributed by atoms with Crippen LogP contribution >= 0.6 is 24.0 Å². The molecule has 0 radical (unpaired) electrons. The first-order chi connectivity index (χ1) is 14.1. The summed E-state index contributed by atoms with van der Waals surface area (Å²) in [6, 6.07) is 15.7. The second kappa shape index (κ2) is 13.8. The van der Waals surface area contributed by atoms with Crippen LogP contribution in [-0.4, -0.2) is 31.6 Å². The van der Waals surface area contributed by atoms with Gasteiger partial charge in [-0.15, -0.1) is 24.0 Å². The monoisotopic (exact) mass is 524 g/mol. The van der Waals surface area contributed by atoms with Crippen LogP contribution in [0.5, 0.6) is 5.75 Å². The maximum Gasteiger partial charge on any atom is 0.251 e. The van der Waals surface area contributed by atoms with E-state index in [1.54, 1.807) is 7.05 Å². The van der Waals surface area contributed by atoms with Gasteiger partial charge in [0.1, 0.15) is 5.75 Å². The Morgan fingerprint density at radius 2 is 1.70 bits per heavy atom. The molecule has 2 rings (SSSR count). The first-order valence-electron chi connectivity index (χ1n) is 10.1. The van der Waals surface area contributed by atoms with Crippen molar-refractivity contribution in [1.29, 1.82) is 0 Å². The van der Waals surface area contributed by atoms with E-state index >= 15 is 0 Å². The SMILES string of the molecule is CCOc1ccccc1CNC(=NC)NCc1ccc(C(=O)NC(C)CC)cc1.I. The van der Waals surface area contributed by atoms with Crippen LogP contribution < -0.4 is 20.7 Å². The predicted molar refractivity (Wildman–Crippen MR) is 134 cm³/mol. The molecule has 0 aromatic heterocycles. The van der Waals surface area contributed by atoms with Crippen LogP contribution in [0.25, 0.3) is 0 Å².